The molecule has 0 amide bonds. The lowest BCUT2D eigenvalue weighted by Crippen LogP contribution is -2.33. The van der Waals surface area contributed by atoms with Crippen molar-refractivity contribution in [1.82, 2.24) is 0 Å². The first-order valence-electron chi connectivity index (χ1n) is 7.00. The summed E-state index contributed by atoms with van der Waals surface area (Å²) in [7, 11) is 0. The summed E-state index contributed by atoms with van der Waals surface area (Å²) in [5, 5.41) is 0. The number of rotatable bonds is 2. The molecular formula is C17H19BrN2. The summed E-state index contributed by atoms with van der Waals surface area (Å²) in [6, 6.07) is 14.8. The molecule has 1 heterocycles. The van der Waals surface area contributed by atoms with Crippen LogP contribution in [0.1, 0.15) is 18.1 Å². The fourth-order valence-electron chi connectivity index (χ4n) is 2.95. The fourth-order valence-corrected chi connectivity index (χ4v) is 3.48. The van der Waals surface area contributed by atoms with E-state index in [0.29, 0.717) is 5.92 Å². The number of hydrogen-bond donors (Lipinski definition) is 1. The monoisotopic (exact) mass is 330 g/mol. The summed E-state index contributed by atoms with van der Waals surface area (Å²) in [5.74, 6) is 0.692. The summed E-state index contributed by atoms with van der Waals surface area (Å²) in [6.45, 7) is 4.34. The lowest BCUT2D eigenvalue weighted by molar-refractivity contribution is 0.530. The molecule has 2 N–H and O–H groups in total. The van der Waals surface area contributed by atoms with Crippen molar-refractivity contribution < 1.29 is 0 Å². The van der Waals surface area contributed by atoms with Crippen molar-refractivity contribution >= 4 is 27.3 Å². The Morgan fingerprint density at radius 1 is 1.25 bits per heavy atom. The summed E-state index contributed by atoms with van der Waals surface area (Å²) in [5.41, 5.74) is 10.7. The number of halogens is 1. The van der Waals surface area contributed by atoms with E-state index in [-0.39, 0.29) is 0 Å². The standard InChI is InChI=1S/C17H19BrN2/c1-12-8-13-4-2-3-5-17(13)20(10-12)11-14-6-7-15(19)9-16(14)18/h2-7,9,12H,8,10-11,19H2,1H3. The third-order valence-electron chi connectivity index (χ3n) is 3.87. The second-order valence-electron chi connectivity index (χ2n) is 5.67. The van der Waals surface area contributed by atoms with Crippen LogP contribution in [0.5, 0.6) is 0 Å². The molecule has 0 radical (unpaired) electrons. The van der Waals surface area contributed by atoms with Crippen LogP contribution in [-0.2, 0) is 13.0 Å². The molecule has 2 aromatic carbocycles. The molecule has 1 atom stereocenters. The number of benzene rings is 2. The van der Waals surface area contributed by atoms with Gasteiger partial charge in [-0.1, -0.05) is 47.1 Å². The van der Waals surface area contributed by atoms with Crippen molar-refractivity contribution in [2.24, 2.45) is 5.92 Å². The van der Waals surface area contributed by atoms with Crippen molar-refractivity contribution in [2.75, 3.05) is 17.2 Å². The number of anilines is 2. The van der Waals surface area contributed by atoms with Crippen LogP contribution in [0.2, 0.25) is 0 Å². The Kier molecular flexibility index (Phi) is 3.70. The van der Waals surface area contributed by atoms with Crippen LogP contribution in [0.15, 0.2) is 46.9 Å². The predicted octanol–water partition coefficient (Wildman–Crippen LogP) is 4.23. The van der Waals surface area contributed by atoms with Crippen molar-refractivity contribution in [3.63, 3.8) is 0 Å². The molecule has 2 aromatic rings. The molecule has 1 unspecified atom stereocenters. The molecule has 20 heavy (non-hydrogen) atoms. The highest BCUT2D eigenvalue weighted by atomic mass is 79.9. The Bertz CT molecular complexity index is 624. The Hall–Kier alpha value is -1.48. The molecule has 0 aromatic heterocycles. The fraction of sp³-hybridized carbons (Fsp3) is 0.294. The van der Waals surface area contributed by atoms with Gasteiger partial charge in [-0.25, -0.2) is 0 Å². The third kappa shape index (κ3) is 2.68. The van der Waals surface area contributed by atoms with Gasteiger partial charge in [0, 0.05) is 28.9 Å². The van der Waals surface area contributed by atoms with Gasteiger partial charge in [-0.15, -0.1) is 0 Å². The Balaban J connectivity index is 1.91. The minimum Gasteiger partial charge on any atom is -0.399 e. The highest BCUT2D eigenvalue weighted by Gasteiger charge is 2.21. The van der Waals surface area contributed by atoms with Crippen LogP contribution in [0.4, 0.5) is 11.4 Å². The van der Waals surface area contributed by atoms with Crippen LogP contribution in [0.25, 0.3) is 0 Å². The van der Waals surface area contributed by atoms with E-state index in [2.05, 4.69) is 58.1 Å². The molecular weight excluding hydrogens is 312 g/mol. The van der Waals surface area contributed by atoms with Gasteiger partial charge in [-0.05, 0) is 41.7 Å². The average molecular weight is 331 g/mol. The van der Waals surface area contributed by atoms with Crippen LogP contribution in [-0.4, -0.2) is 6.54 Å². The van der Waals surface area contributed by atoms with Crippen LogP contribution >= 0.6 is 15.9 Å². The highest BCUT2D eigenvalue weighted by Crippen LogP contribution is 2.32. The molecule has 3 heteroatoms. The smallest absolute Gasteiger partial charge is 0.0440 e. The van der Waals surface area contributed by atoms with E-state index in [9.17, 15) is 0 Å². The first kappa shape index (κ1) is 13.5. The third-order valence-corrected chi connectivity index (χ3v) is 4.61. The van der Waals surface area contributed by atoms with Gasteiger partial charge in [0.15, 0.2) is 0 Å². The van der Waals surface area contributed by atoms with E-state index in [0.717, 1.165) is 23.2 Å². The van der Waals surface area contributed by atoms with E-state index in [1.54, 1.807) is 0 Å². The van der Waals surface area contributed by atoms with Crippen molar-refractivity contribution in [1.29, 1.82) is 0 Å². The Morgan fingerprint density at radius 3 is 2.85 bits per heavy atom. The van der Waals surface area contributed by atoms with Gasteiger partial charge in [0.05, 0.1) is 0 Å². The molecule has 1 aliphatic rings. The maximum atomic E-state index is 5.82. The summed E-state index contributed by atoms with van der Waals surface area (Å²) in [6.07, 6.45) is 1.18. The average Bonchev–Trinajstić information content (AvgIpc) is 2.41. The number of fused-ring (bicyclic) bond motifs is 1. The van der Waals surface area contributed by atoms with Crippen molar-refractivity contribution in [2.45, 2.75) is 19.9 Å². The number of nitrogen functional groups attached to an aromatic ring is 1. The van der Waals surface area contributed by atoms with Crippen LogP contribution in [0, 0.1) is 5.92 Å². The molecule has 1 aliphatic heterocycles. The van der Waals surface area contributed by atoms with Gasteiger partial charge in [0.1, 0.15) is 0 Å². The first-order chi connectivity index (χ1) is 9.63. The largest absolute Gasteiger partial charge is 0.399 e. The van der Waals surface area contributed by atoms with Crippen molar-refractivity contribution in [3.05, 3.63) is 58.1 Å². The molecule has 104 valence electrons. The molecule has 0 saturated carbocycles. The molecule has 0 bridgehead atoms. The van der Waals surface area contributed by atoms with Gasteiger partial charge in [0.25, 0.3) is 0 Å². The quantitative estimate of drug-likeness (QED) is 0.835. The van der Waals surface area contributed by atoms with Crippen LogP contribution in [0.3, 0.4) is 0 Å². The SMILES string of the molecule is CC1Cc2ccccc2N(Cc2ccc(N)cc2Br)C1. The van der Waals surface area contributed by atoms with E-state index < -0.39 is 0 Å². The normalized spacial score (nSPS) is 17.9. The molecule has 3 rings (SSSR count). The molecule has 2 nitrogen and oxygen atoms in total. The van der Waals surface area contributed by atoms with Gasteiger partial charge in [-0.3, -0.25) is 0 Å². The molecule has 0 saturated heterocycles. The zero-order chi connectivity index (χ0) is 14.1. The Labute approximate surface area is 128 Å². The number of nitrogens with two attached hydrogens (primary N) is 1. The maximum Gasteiger partial charge on any atom is 0.0440 e. The molecule has 0 spiro atoms. The summed E-state index contributed by atoms with van der Waals surface area (Å²) < 4.78 is 1.09. The second-order valence-corrected chi connectivity index (χ2v) is 6.52. The van der Waals surface area contributed by atoms with E-state index >= 15 is 0 Å². The highest BCUT2D eigenvalue weighted by molar-refractivity contribution is 9.10. The number of nitrogens with zero attached hydrogens (tertiary/aromatic N) is 1. The lowest BCUT2D eigenvalue weighted by Gasteiger charge is -2.35. The Morgan fingerprint density at radius 2 is 2.05 bits per heavy atom. The summed E-state index contributed by atoms with van der Waals surface area (Å²) >= 11 is 3.62. The van der Waals surface area contributed by atoms with Gasteiger partial charge < -0.3 is 10.6 Å². The zero-order valence-corrected chi connectivity index (χ0v) is 13.2. The predicted molar refractivity (Wildman–Crippen MR) is 88.9 cm³/mol. The second kappa shape index (κ2) is 5.49. The molecule has 0 fully saturated rings. The lowest BCUT2D eigenvalue weighted by atomic mass is 9.93. The van der Waals surface area contributed by atoms with Gasteiger partial charge in [-0.2, -0.15) is 0 Å². The zero-order valence-electron chi connectivity index (χ0n) is 11.6. The number of para-hydroxylation sites is 1. The first-order valence-corrected chi connectivity index (χ1v) is 7.79. The van der Waals surface area contributed by atoms with E-state index in [4.69, 9.17) is 5.73 Å². The number of hydrogen-bond acceptors (Lipinski definition) is 2. The molecule has 0 aliphatic carbocycles. The summed E-state index contributed by atoms with van der Waals surface area (Å²) in [4.78, 5) is 2.47. The van der Waals surface area contributed by atoms with E-state index in [1.807, 2.05) is 12.1 Å². The van der Waals surface area contributed by atoms with Crippen molar-refractivity contribution in [3.8, 4) is 0 Å². The topological polar surface area (TPSA) is 29.3 Å². The minimum absolute atomic E-state index is 0.692. The van der Waals surface area contributed by atoms with Gasteiger partial charge in [0.2, 0.25) is 0 Å². The van der Waals surface area contributed by atoms with Gasteiger partial charge >= 0.3 is 0 Å². The minimum atomic E-state index is 0.692. The van der Waals surface area contributed by atoms with E-state index in [1.165, 1.54) is 23.2 Å². The maximum absolute atomic E-state index is 5.82. The van der Waals surface area contributed by atoms with Crippen LogP contribution < -0.4 is 10.6 Å².